The van der Waals surface area contributed by atoms with E-state index in [2.05, 4.69) is 0 Å². The molecule has 1 aromatic heterocycles. The molecule has 1 heterocycles. The fourth-order valence-corrected chi connectivity index (χ4v) is 2.35. The number of phenolic OH excluding ortho intramolecular Hbond substituents is 1. The summed E-state index contributed by atoms with van der Waals surface area (Å²) < 4.78 is 13.4. The highest BCUT2D eigenvalue weighted by Crippen LogP contribution is 2.32. The summed E-state index contributed by atoms with van der Waals surface area (Å²) in [5, 5.41) is 20.3. The van der Waals surface area contributed by atoms with Crippen molar-refractivity contribution >= 4 is 29.7 Å². The summed E-state index contributed by atoms with van der Waals surface area (Å²) in [5.41, 5.74) is 5.71. The molecule has 4 nitrogen and oxygen atoms in total. The molecule has 4 N–H and O–H groups in total. The lowest BCUT2D eigenvalue weighted by Crippen LogP contribution is -2.12. The van der Waals surface area contributed by atoms with E-state index in [4.69, 9.17) is 10.8 Å². The number of carbonyl (C=O) groups is 1. The quantitative estimate of drug-likeness (QED) is 0.814. The van der Waals surface area contributed by atoms with Crippen LogP contribution >= 0.6 is 23.7 Å². The third kappa shape index (κ3) is 3.04. The number of benzene rings is 1. The SMILES string of the molecule is Cl.N[C@H](c1cccs1)c1cc(C(=O)O)cc(F)c1O. The lowest BCUT2D eigenvalue weighted by atomic mass is 10.0. The number of hydrogen-bond donors (Lipinski definition) is 3. The van der Waals surface area contributed by atoms with Crippen LogP contribution in [0.4, 0.5) is 4.39 Å². The Bertz CT molecular complexity index is 589. The summed E-state index contributed by atoms with van der Waals surface area (Å²) >= 11 is 1.35. The number of thiophene rings is 1. The Morgan fingerprint density at radius 1 is 1.42 bits per heavy atom. The summed E-state index contributed by atoms with van der Waals surface area (Å²) in [6.45, 7) is 0. The Hall–Kier alpha value is -1.63. The van der Waals surface area contributed by atoms with Crippen LogP contribution in [0, 0.1) is 5.82 Å². The first-order chi connectivity index (χ1) is 8.50. The largest absolute Gasteiger partial charge is 0.505 e. The van der Waals surface area contributed by atoms with Crippen LogP contribution in [0.2, 0.25) is 0 Å². The molecule has 0 fully saturated rings. The molecule has 1 aromatic carbocycles. The van der Waals surface area contributed by atoms with Crippen LogP contribution in [0.1, 0.15) is 26.8 Å². The van der Waals surface area contributed by atoms with Crippen molar-refractivity contribution in [2.45, 2.75) is 6.04 Å². The number of halogens is 2. The number of nitrogens with two attached hydrogens (primary N) is 1. The highest BCUT2D eigenvalue weighted by molar-refractivity contribution is 7.10. The fraction of sp³-hybridized carbons (Fsp3) is 0.0833. The molecule has 0 radical (unpaired) electrons. The lowest BCUT2D eigenvalue weighted by Gasteiger charge is -2.13. The van der Waals surface area contributed by atoms with E-state index in [1.165, 1.54) is 17.4 Å². The van der Waals surface area contributed by atoms with E-state index in [9.17, 15) is 14.3 Å². The van der Waals surface area contributed by atoms with Crippen LogP contribution in [0.25, 0.3) is 0 Å². The molecule has 7 heteroatoms. The van der Waals surface area contributed by atoms with Gasteiger partial charge in [0, 0.05) is 10.4 Å². The molecule has 0 unspecified atom stereocenters. The zero-order valence-electron chi connectivity index (χ0n) is 9.54. The maximum atomic E-state index is 13.4. The topological polar surface area (TPSA) is 83.6 Å². The number of carboxylic acid groups (broad SMARTS) is 1. The number of carboxylic acids is 1. The first-order valence-corrected chi connectivity index (χ1v) is 5.93. The average molecular weight is 304 g/mol. The predicted molar refractivity (Wildman–Crippen MR) is 72.6 cm³/mol. The molecular formula is C12H11ClFNO3S. The summed E-state index contributed by atoms with van der Waals surface area (Å²) in [4.78, 5) is 11.6. The first kappa shape index (κ1) is 15.4. The van der Waals surface area contributed by atoms with Gasteiger partial charge in [-0.05, 0) is 23.6 Å². The van der Waals surface area contributed by atoms with E-state index in [0.29, 0.717) is 4.88 Å². The first-order valence-electron chi connectivity index (χ1n) is 5.05. The fourth-order valence-electron chi connectivity index (χ4n) is 1.60. The summed E-state index contributed by atoms with van der Waals surface area (Å²) in [7, 11) is 0. The van der Waals surface area contributed by atoms with E-state index in [0.717, 1.165) is 6.07 Å². The van der Waals surface area contributed by atoms with E-state index in [-0.39, 0.29) is 23.5 Å². The van der Waals surface area contributed by atoms with Crippen molar-refractivity contribution in [1.82, 2.24) is 0 Å². The van der Waals surface area contributed by atoms with Crippen molar-refractivity contribution in [3.8, 4) is 5.75 Å². The van der Waals surface area contributed by atoms with E-state index >= 15 is 0 Å². The molecule has 102 valence electrons. The van der Waals surface area contributed by atoms with E-state index in [1.807, 2.05) is 0 Å². The van der Waals surface area contributed by atoms with Gasteiger partial charge in [0.25, 0.3) is 0 Å². The highest BCUT2D eigenvalue weighted by atomic mass is 35.5. The predicted octanol–water partition coefficient (Wildman–Crippen LogP) is 2.76. The van der Waals surface area contributed by atoms with Crippen LogP contribution in [-0.2, 0) is 0 Å². The number of aromatic hydroxyl groups is 1. The van der Waals surface area contributed by atoms with Gasteiger partial charge in [-0.15, -0.1) is 23.7 Å². The summed E-state index contributed by atoms with van der Waals surface area (Å²) in [6, 6.07) is 4.71. The van der Waals surface area contributed by atoms with Gasteiger partial charge in [-0.3, -0.25) is 0 Å². The Labute approximate surface area is 118 Å². The number of hydrogen-bond acceptors (Lipinski definition) is 4. The second-order valence-corrected chi connectivity index (χ2v) is 4.67. The van der Waals surface area contributed by atoms with Crippen molar-refractivity contribution in [2.24, 2.45) is 5.73 Å². The molecule has 0 aliphatic rings. The maximum absolute atomic E-state index is 13.4. The van der Waals surface area contributed by atoms with Crippen molar-refractivity contribution in [1.29, 1.82) is 0 Å². The molecule has 0 saturated heterocycles. The van der Waals surface area contributed by atoms with Crippen molar-refractivity contribution in [3.05, 3.63) is 51.5 Å². The molecule has 1 atom stereocenters. The maximum Gasteiger partial charge on any atom is 0.335 e. The smallest absolute Gasteiger partial charge is 0.335 e. The summed E-state index contributed by atoms with van der Waals surface area (Å²) in [6.07, 6.45) is 0. The molecule has 0 aliphatic heterocycles. The number of rotatable bonds is 3. The summed E-state index contributed by atoms with van der Waals surface area (Å²) in [5.74, 6) is -2.87. The van der Waals surface area contributed by atoms with Crippen molar-refractivity contribution in [2.75, 3.05) is 0 Å². The zero-order valence-corrected chi connectivity index (χ0v) is 11.2. The molecule has 19 heavy (non-hydrogen) atoms. The van der Waals surface area contributed by atoms with Gasteiger partial charge in [0.15, 0.2) is 11.6 Å². The second kappa shape index (κ2) is 6.01. The number of phenols is 1. The minimum Gasteiger partial charge on any atom is -0.505 e. The molecule has 0 spiro atoms. The third-order valence-electron chi connectivity index (χ3n) is 2.52. The van der Waals surface area contributed by atoms with Crippen LogP contribution in [0.15, 0.2) is 29.6 Å². The van der Waals surface area contributed by atoms with Gasteiger partial charge in [-0.1, -0.05) is 6.07 Å². The molecule has 0 aliphatic carbocycles. The van der Waals surface area contributed by atoms with Gasteiger partial charge in [0.05, 0.1) is 11.6 Å². The normalized spacial score (nSPS) is 11.7. The molecule has 2 aromatic rings. The molecular weight excluding hydrogens is 293 g/mol. The van der Waals surface area contributed by atoms with Gasteiger partial charge in [0.1, 0.15) is 0 Å². The molecule has 0 bridgehead atoms. The average Bonchev–Trinajstić information content (AvgIpc) is 2.85. The van der Waals surface area contributed by atoms with Crippen LogP contribution in [-0.4, -0.2) is 16.2 Å². The van der Waals surface area contributed by atoms with E-state index in [1.54, 1.807) is 17.5 Å². The second-order valence-electron chi connectivity index (χ2n) is 3.69. The van der Waals surface area contributed by atoms with E-state index < -0.39 is 23.6 Å². The van der Waals surface area contributed by atoms with Crippen LogP contribution < -0.4 is 5.73 Å². The molecule has 0 saturated carbocycles. The van der Waals surface area contributed by atoms with Gasteiger partial charge < -0.3 is 15.9 Å². The molecule has 0 amide bonds. The Kier molecular flexibility index (Phi) is 4.88. The van der Waals surface area contributed by atoms with Gasteiger partial charge in [-0.2, -0.15) is 0 Å². The van der Waals surface area contributed by atoms with Gasteiger partial charge in [0.2, 0.25) is 0 Å². The molecule has 2 rings (SSSR count). The minimum atomic E-state index is -1.27. The van der Waals surface area contributed by atoms with Gasteiger partial charge >= 0.3 is 5.97 Å². The Balaban J connectivity index is 0.00000180. The zero-order chi connectivity index (χ0) is 13.3. The standard InChI is InChI=1S/C12H10FNO3S.ClH/c13-8-5-6(12(16)17)4-7(11(8)15)10(14)9-2-1-3-18-9;/h1-5,10,15H,14H2,(H,16,17);1H/t10-;/m0./s1. The van der Waals surface area contributed by atoms with Gasteiger partial charge in [-0.25, -0.2) is 9.18 Å². The lowest BCUT2D eigenvalue weighted by molar-refractivity contribution is 0.0696. The van der Waals surface area contributed by atoms with Crippen molar-refractivity contribution in [3.63, 3.8) is 0 Å². The van der Waals surface area contributed by atoms with Crippen molar-refractivity contribution < 1.29 is 19.4 Å². The Morgan fingerprint density at radius 2 is 2.11 bits per heavy atom. The van der Waals surface area contributed by atoms with Crippen LogP contribution in [0.3, 0.4) is 0 Å². The minimum absolute atomic E-state index is 0. The highest BCUT2D eigenvalue weighted by Gasteiger charge is 2.20. The third-order valence-corrected chi connectivity index (χ3v) is 3.48. The Morgan fingerprint density at radius 3 is 2.63 bits per heavy atom. The monoisotopic (exact) mass is 303 g/mol. The van der Waals surface area contributed by atoms with Crippen LogP contribution in [0.5, 0.6) is 5.75 Å². The number of aromatic carboxylic acids is 1.